The number of rotatable bonds is 3. The van der Waals surface area contributed by atoms with Crippen molar-refractivity contribution in [2.45, 2.75) is 75.9 Å². The quantitative estimate of drug-likeness (QED) is 0.663. The van der Waals surface area contributed by atoms with E-state index in [2.05, 4.69) is 13.8 Å². The Hall–Kier alpha value is 0.250. The Bertz CT molecular complexity index is 209. The van der Waals surface area contributed by atoms with Gasteiger partial charge in [-0.1, -0.05) is 19.8 Å². The van der Waals surface area contributed by atoms with Gasteiger partial charge in [-0.3, -0.25) is 0 Å². The van der Waals surface area contributed by atoms with Gasteiger partial charge in [0, 0.05) is 5.38 Å². The maximum absolute atomic E-state index is 6.27. The lowest BCUT2D eigenvalue weighted by Gasteiger charge is -2.25. The van der Waals surface area contributed by atoms with E-state index in [-0.39, 0.29) is 5.38 Å². The number of alkyl halides is 1. The fourth-order valence-electron chi connectivity index (χ4n) is 3.05. The van der Waals surface area contributed by atoms with Crippen molar-refractivity contribution < 1.29 is 4.74 Å². The highest BCUT2D eigenvalue weighted by Gasteiger charge is 2.42. The molecule has 2 heteroatoms. The van der Waals surface area contributed by atoms with Crippen LogP contribution in [0, 0.1) is 5.92 Å². The zero-order chi connectivity index (χ0) is 10.9. The van der Waals surface area contributed by atoms with E-state index >= 15 is 0 Å². The predicted molar refractivity (Wildman–Crippen MR) is 64.4 cm³/mol. The predicted octanol–water partition coefficient (Wildman–Crippen LogP) is 4.13. The summed E-state index contributed by atoms with van der Waals surface area (Å²) < 4.78 is 6.27. The lowest BCUT2D eigenvalue weighted by Crippen LogP contribution is -2.26. The van der Waals surface area contributed by atoms with Crippen molar-refractivity contribution in [3.8, 4) is 0 Å². The van der Waals surface area contributed by atoms with E-state index in [0.29, 0.717) is 17.6 Å². The molecule has 1 aliphatic carbocycles. The van der Waals surface area contributed by atoms with Gasteiger partial charge in [-0.05, 0) is 44.9 Å². The zero-order valence-electron chi connectivity index (χ0n) is 9.97. The molecule has 0 aromatic carbocycles. The van der Waals surface area contributed by atoms with Crippen molar-refractivity contribution in [3.63, 3.8) is 0 Å². The maximum Gasteiger partial charge on any atom is 0.0687 e. The average molecular weight is 231 g/mol. The number of hydrogen-bond acceptors (Lipinski definition) is 1. The minimum Gasteiger partial charge on any atom is -0.372 e. The fraction of sp³-hybridized carbons (Fsp3) is 1.00. The lowest BCUT2D eigenvalue weighted by molar-refractivity contribution is -0.0434. The van der Waals surface area contributed by atoms with Crippen molar-refractivity contribution in [3.05, 3.63) is 0 Å². The highest BCUT2D eigenvalue weighted by atomic mass is 35.5. The number of halogens is 1. The molecule has 0 radical (unpaired) electrons. The van der Waals surface area contributed by atoms with Gasteiger partial charge in [0.15, 0.2) is 0 Å². The minimum absolute atomic E-state index is 0.272. The summed E-state index contributed by atoms with van der Waals surface area (Å²) in [5.41, 5.74) is 0.292. The monoisotopic (exact) mass is 230 g/mol. The van der Waals surface area contributed by atoms with Gasteiger partial charge in [-0.25, -0.2) is 0 Å². The van der Waals surface area contributed by atoms with Crippen LogP contribution >= 0.6 is 11.6 Å². The van der Waals surface area contributed by atoms with E-state index in [1.807, 2.05) is 0 Å². The van der Waals surface area contributed by atoms with Crippen LogP contribution in [0.4, 0.5) is 0 Å². The smallest absolute Gasteiger partial charge is 0.0687 e. The Morgan fingerprint density at radius 2 is 1.93 bits per heavy atom. The molecule has 2 aliphatic rings. The van der Waals surface area contributed by atoms with E-state index < -0.39 is 0 Å². The van der Waals surface area contributed by atoms with Gasteiger partial charge in [0.2, 0.25) is 0 Å². The first-order chi connectivity index (χ1) is 7.11. The summed E-state index contributed by atoms with van der Waals surface area (Å²) in [6.07, 6.45) is 9.52. The SMILES string of the molecule is CC(Cl)C(C)CC1CCC2(CCCC2)O1. The van der Waals surface area contributed by atoms with Crippen molar-refractivity contribution in [2.75, 3.05) is 0 Å². The lowest BCUT2D eigenvalue weighted by atomic mass is 9.96. The van der Waals surface area contributed by atoms with Gasteiger partial charge in [-0.2, -0.15) is 0 Å². The van der Waals surface area contributed by atoms with E-state index in [0.717, 1.165) is 6.42 Å². The first kappa shape index (κ1) is 11.7. The summed E-state index contributed by atoms with van der Waals surface area (Å²) >= 11 is 6.10. The molecule has 1 nitrogen and oxygen atoms in total. The molecular formula is C13H23ClO. The largest absolute Gasteiger partial charge is 0.372 e. The molecule has 0 amide bonds. The molecule has 1 spiro atoms. The van der Waals surface area contributed by atoms with E-state index in [4.69, 9.17) is 16.3 Å². The van der Waals surface area contributed by atoms with Crippen LogP contribution < -0.4 is 0 Å². The second-order valence-corrected chi connectivity index (χ2v) is 6.25. The van der Waals surface area contributed by atoms with Crippen LogP contribution in [-0.2, 0) is 4.74 Å². The summed E-state index contributed by atoms with van der Waals surface area (Å²) in [6, 6.07) is 0. The van der Waals surface area contributed by atoms with Gasteiger partial charge in [0.1, 0.15) is 0 Å². The minimum atomic E-state index is 0.272. The zero-order valence-corrected chi connectivity index (χ0v) is 10.7. The second-order valence-electron chi connectivity index (χ2n) is 5.56. The molecule has 2 fully saturated rings. The number of hydrogen-bond donors (Lipinski definition) is 0. The van der Waals surface area contributed by atoms with Crippen molar-refractivity contribution in [1.29, 1.82) is 0 Å². The van der Waals surface area contributed by atoms with Crippen LogP contribution in [0.1, 0.15) is 58.8 Å². The molecule has 2 rings (SSSR count). The molecule has 0 N–H and O–H groups in total. The van der Waals surface area contributed by atoms with E-state index in [1.165, 1.54) is 38.5 Å². The van der Waals surface area contributed by atoms with Gasteiger partial charge in [0.25, 0.3) is 0 Å². The van der Waals surface area contributed by atoms with Gasteiger partial charge in [0.05, 0.1) is 11.7 Å². The molecule has 3 unspecified atom stereocenters. The van der Waals surface area contributed by atoms with Crippen LogP contribution in [-0.4, -0.2) is 17.1 Å². The fourth-order valence-corrected chi connectivity index (χ4v) is 3.15. The molecule has 88 valence electrons. The van der Waals surface area contributed by atoms with Gasteiger partial charge < -0.3 is 4.74 Å². The van der Waals surface area contributed by atoms with E-state index in [9.17, 15) is 0 Å². The van der Waals surface area contributed by atoms with Crippen LogP contribution in [0.25, 0.3) is 0 Å². The van der Waals surface area contributed by atoms with Gasteiger partial charge >= 0.3 is 0 Å². The van der Waals surface area contributed by atoms with Crippen LogP contribution in [0.2, 0.25) is 0 Å². The van der Waals surface area contributed by atoms with E-state index in [1.54, 1.807) is 0 Å². The maximum atomic E-state index is 6.27. The normalized spacial score (nSPS) is 33.4. The third-order valence-corrected chi connectivity index (χ3v) is 4.70. The van der Waals surface area contributed by atoms with Gasteiger partial charge in [-0.15, -0.1) is 11.6 Å². The molecule has 0 aromatic heterocycles. The average Bonchev–Trinajstić information content (AvgIpc) is 2.78. The second kappa shape index (κ2) is 4.63. The summed E-state index contributed by atoms with van der Waals surface area (Å²) in [5, 5.41) is 0.272. The molecule has 0 aromatic rings. The molecule has 1 saturated carbocycles. The highest BCUT2D eigenvalue weighted by Crippen LogP contribution is 2.44. The van der Waals surface area contributed by atoms with Crippen molar-refractivity contribution in [2.24, 2.45) is 5.92 Å². The topological polar surface area (TPSA) is 9.23 Å². The first-order valence-corrected chi connectivity index (χ1v) is 6.87. The standard InChI is InChI=1S/C13H23ClO/c1-10(11(2)14)9-12-5-8-13(15-12)6-3-4-7-13/h10-12H,3-9H2,1-2H3. The van der Waals surface area contributed by atoms with Crippen molar-refractivity contribution in [1.82, 2.24) is 0 Å². The third-order valence-electron chi connectivity index (χ3n) is 4.27. The molecule has 3 atom stereocenters. The van der Waals surface area contributed by atoms with Crippen molar-refractivity contribution >= 4 is 11.6 Å². The highest BCUT2D eigenvalue weighted by molar-refractivity contribution is 6.20. The van der Waals surface area contributed by atoms with Crippen LogP contribution in [0.3, 0.4) is 0 Å². The molecule has 0 bridgehead atoms. The Morgan fingerprint density at radius 3 is 2.53 bits per heavy atom. The molecule has 1 heterocycles. The molecule has 1 saturated heterocycles. The molecule has 1 aliphatic heterocycles. The summed E-state index contributed by atoms with van der Waals surface area (Å²) in [4.78, 5) is 0. The Balaban J connectivity index is 1.82. The van der Waals surface area contributed by atoms with Crippen LogP contribution in [0.5, 0.6) is 0 Å². The van der Waals surface area contributed by atoms with Crippen LogP contribution in [0.15, 0.2) is 0 Å². The third kappa shape index (κ3) is 2.68. The Labute approximate surface area is 98.5 Å². The molecule has 15 heavy (non-hydrogen) atoms. The number of ether oxygens (including phenoxy) is 1. The molecular weight excluding hydrogens is 208 g/mol. The summed E-state index contributed by atoms with van der Waals surface area (Å²) in [6.45, 7) is 4.33. The first-order valence-electron chi connectivity index (χ1n) is 6.43. The summed E-state index contributed by atoms with van der Waals surface area (Å²) in [7, 11) is 0. The Kier molecular flexibility index (Phi) is 3.62. The summed E-state index contributed by atoms with van der Waals surface area (Å²) in [5.74, 6) is 0.577. The Morgan fingerprint density at radius 1 is 1.27 bits per heavy atom.